The van der Waals surface area contributed by atoms with Gasteiger partial charge in [0, 0.05) is 31.7 Å². The average Bonchev–Trinajstić information content (AvgIpc) is 3.08. The molecule has 20 heavy (non-hydrogen) atoms. The summed E-state index contributed by atoms with van der Waals surface area (Å²) in [4.78, 5) is 27.8. The minimum atomic E-state index is -0.329. The van der Waals surface area contributed by atoms with E-state index >= 15 is 0 Å². The fourth-order valence-corrected chi connectivity index (χ4v) is 2.94. The Hall–Kier alpha value is -1.91. The van der Waals surface area contributed by atoms with Gasteiger partial charge in [0.1, 0.15) is 5.82 Å². The van der Waals surface area contributed by atoms with Crippen LogP contribution in [0.2, 0.25) is 0 Å². The lowest BCUT2D eigenvalue weighted by Crippen LogP contribution is -2.35. The van der Waals surface area contributed by atoms with Gasteiger partial charge in [-0.25, -0.2) is 4.39 Å². The molecule has 4 nitrogen and oxygen atoms in total. The highest BCUT2D eigenvalue weighted by molar-refractivity contribution is 6.00. The van der Waals surface area contributed by atoms with Gasteiger partial charge < -0.3 is 9.80 Å². The monoisotopic (exact) mass is 276 g/mol. The zero-order chi connectivity index (χ0) is 14.1. The van der Waals surface area contributed by atoms with Crippen molar-refractivity contribution >= 4 is 17.5 Å². The van der Waals surface area contributed by atoms with Gasteiger partial charge in [0.2, 0.25) is 11.8 Å². The van der Waals surface area contributed by atoms with E-state index in [1.165, 1.54) is 12.1 Å². The van der Waals surface area contributed by atoms with Crippen molar-refractivity contribution in [3.63, 3.8) is 0 Å². The molecule has 0 saturated carbocycles. The Morgan fingerprint density at radius 1 is 1.15 bits per heavy atom. The molecular weight excluding hydrogens is 259 g/mol. The predicted octanol–water partition coefficient (Wildman–Crippen LogP) is 1.80. The first-order valence-electron chi connectivity index (χ1n) is 7.00. The van der Waals surface area contributed by atoms with E-state index < -0.39 is 0 Å². The van der Waals surface area contributed by atoms with Gasteiger partial charge in [-0.15, -0.1) is 0 Å². The molecule has 1 atom stereocenters. The van der Waals surface area contributed by atoms with Gasteiger partial charge in [-0.05, 0) is 37.1 Å². The number of benzene rings is 1. The maximum absolute atomic E-state index is 12.9. The number of rotatable bonds is 2. The topological polar surface area (TPSA) is 40.6 Å². The van der Waals surface area contributed by atoms with E-state index in [0.717, 1.165) is 25.9 Å². The molecule has 2 heterocycles. The summed E-state index contributed by atoms with van der Waals surface area (Å²) in [5, 5.41) is 0. The Bertz CT molecular complexity index is 523. The first-order valence-corrected chi connectivity index (χ1v) is 7.00. The van der Waals surface area contributed by atoms with Gasteiger partial charge in [-0.2, -0.15) is 0 Å². The highest BCUT2D eigenvalue weighted by Crippen LogP contribution is 2.27. The van der Waals surface area contributed by atoms with E-state index in [9.17, 15) is 14.0 Å². The fraction of sp³-hybridized carbons (Fsp3) is 0.467. The van der Waals surface area contributed by atoms with Crippen molar-refractivity contribution in [3.05, 3.63) is 30.1 Å². The highest BCUT2D eigenvalue weighted by Gasteiger charge is 2.37. The average molecular weight is 276 g/mol. The molecule has 106 valence electrons. The van der Waals surface area contributed by atoms with E-state index in [0.29, 0.717) is 12.2 Å². The third-order valence-electron chi connectivity index (χ3n) is 4.03. The second-order valence-corrected chi connectivity index (χ2v) is 5.41. The zero-order valence-electron chi connectivity index (χ0n) is 11.2. The van der Waals surface area contributed by atoms with Gasteiger partial charge in [0.05, 0.1) is 5.92 Å². The molecule has 0 radical (unpaired) electrons. The standard InChI is InChI=1S/C15H17FN2O2/c16-12-3-5-13(6-4-12)18-10-11(9-14(18)19)15(20)17-7-1-2-8-17/h3-6,11H,1-2,7-10H2/t11-/m1/s1. The van der Waals surface area contributed by atoms with Crippen LogP contribution in [-0.2, 0) is 9.59 Å². The maximum Gasteiger partial charge on any atom is 0.228 e. The molecule has 0 N–H and O–H groups in total. The number of halogens is 1. The molecule has 0 aliphatic carbocycles. The van der Waals surface area contributed by atoms with E-state index in [1.54, 1.807) is 17.0 Å². The molecule has 0 unspecified atom stereocenters. The minimum Gasteiger partial charge on any atom is -0.342 e. The van der Waals surface area contributed by atoms with Crippen molar-refractivity contribution in [3.8, 4) is 0 Å². The first-order chi connectivity index (χ1) is 9.65. The van der Waals surface area contributed by atoms with Crippen molar-refractivity contribution in [1.29, 1.82) is 0 Å². The minimum absolute atomic E-state index is 0.0610. The second-order valence-electron chi connectivity index (χ2n) is 5.41. The Balaban J connectivity index is 1.71. The summed E-state index contributed by atoms with van der Waals surface area (Å²) in [5.41, 5.74) is 0.660. The lowest BCUT2D eigenvalue weighted by Gasteiger charge is -2.20. The molecule has 2 fully saturated rings. The quantitative estimate of drug-likeness (QED) is 0.826. The molecule has 2 aliphatic rings. The fourth-order valence-electron chi connectivity index (χ4n) is 2.94. The Morgan fingerprint density at radius 3 is 2.45 bits per heavy atom. The number of carbonyl (C=O) groups excluding carboxylic acids is 2. The van der Waals surface area contributed by atoms with Crippen LogP contribution in [0.25, 0.3) is 0 Å². The summed E-state index contributed by atoms with van der Waals surface area (Å²) in [6.07, 6.45) is 2.36. The number of hydrogen-bond donors (Lipinski definition) is 0. The van der Waals surface area contributed by atoms with Crippen molar-refractivity contribution < 1.29 is 14.0 Å². The SMILES string of the molecule is O=C([C@@H]1CC(=O)N(c2ccc(F)cc2)C1)N1CCCC1. The summed E-state index contributed by atoms with van der Waals surface area (Å²) in [6, 6.07) is 5.82. The molecule has 2 saturated heterocycles. The molecule has 0 aromatic heterocycles. The zero-order valence-corrected chi connectivity index (χ0v) is 11.2. The highest BCUT2D eigenvalue weighted by atomic mass is 19.1. The van der Waals surface area contributed by atoms with Crippen LogP contribution in [0.3, 0.4) is 0 Å². The lowest BCUT2D eigenvalue weighted by atomic mass is 10.1. The van der Waals surface area contributed by atoms with Crippen molar-refractivity contribution in [1.82, 2.24) is 4.90 Å². The Kier molecular flexibility index (Phi) is 3.42. The van der Waals surface area contributed by atoms with Crippen molar-refractivity contribution in [2.75, 3.05) is 24.5 Å². The summed E-state index contributed by atoms with van der Waals surface area (Å²) in [6.45, 7) is 2.01. The number of amides is 2. The first kappa shape index (κ1) is 13.1. The van der Waals surface area contributed by atoms with Gasteiger partial charge >= 0.3 is 0 Å². The van der Waals surface area contributed by atoms with Gasteiger partial charge in [0.15, 0.2) is 0 Å². The van der Waals surface area contributed by atoms with Crippen LogP contribution in [0, 0.1) is 11.7 Å². The van der Waals surface area contributed by atoms with Crippen LogP contribution in [0.4, 0.5) is 10.1 Å². The lowest BCUT2D eigenvalue weighted by molar-refractivity contribution is -0.134. The molecule has 0 bridgehead atoms. The van der Waals surface area contributed by atoms with Crippen LogP contribution in [0.15, 0.2) is 24.3 Å². The van der Waals surface area contributed by atoms with Gasteiger partial charge in [-0.3, -0.25) is 9.59 Å². The largest absolute Gasteiger partial charge is 0.342 e. The van der Waals surface area contributed by atoms with Gasteiger partial charge in [0.25, 0.3) is 0 Å². The summed E-state index contributed by atoms with van der Waals surface area (Å²) in [7, 11) is 0. The predicted molar refractivity (Wildman–Crippen MR) is 72.7 cm³/mol. The third-order valence-corrected chi connectivity index (χ3v) is 4.03. The molecule has 1 aromatic rings. The van der Waals surface area contributed by atoms with E-state index in [2.05, 4.69) is 0 Å². The molecule has 0 spiro atoms. The van der Waals surface area contributed by atoms with Crippen LogP contribution < -0.4 is 4.90 Å². The van der Waals surface area contributed by atoms with Crippen LogP contribution in [0.1, 0.15) is 19.3 Å². The van der Waals surface area contributed by atoms with Crippen LogP contribution >= 0.6 is 0 Å². The number of hydrogen-bond acceptors (Lipinski definition) is 2. The number of nitrogens with zero attached hydrogens (tertiary/aromatic N) is 2. The summed E-state index contributed by atoms with van der Waals surface area (Å²) in [5.74, 6) is -0.564. The van der Waals surface area contributed by atoms with Crippen molar-refractivity contribution in [2.45, 2.75) is 19.3 Å². The molecular formula is C15H17FN2O2. The summed E-state index contributed by atoms with van der Waals surface area (Å²) < 4.78 is 12.9. The van der Waals surface area contributed by atoms with Gasteiger partial charge in [-0.1, -0.05) is 0 Å². The molecule has 1 aromatic carbocycles. The number of likely N-dealkylation sites (tertiary alicyclic amines) is 1. The Labute approximate surface area is 117 Å². The smallest absolute Gasteiger partial charge is 0.228 e. The summed E-state index contributed by atoms with van der Waals surface area (Å²) >= 11 is 0. The van der Waals surface area contributed by atoms with Crippen LogP contribution in [-0.4, -0.2) is 36.3 Å². The molecule has 2 aliphatic heterocycles. The molecule has 2 amide bonds. The Morgan fingerprint density at radius 2 is 1.80 bits per heavy atom. The molecule has 5 heteroatoms. The normalized spacial score (nSPS) is 22.6. The van der Waals surface area contributed by atoms with E-state index in [1.807, 2.05) is 4.90 Å². The van der Waals surface area contributed by atoms with Crippen LogP contribution in [0.5, 0.6) is 0 Å². The maximum atomic E-state index is 12.9. The van der Waals surface area contributed by atoms with Crippen molar-refractivity contribution in [2.24, 2.45) is 5.92 Å². The van der Waals surface area contributed by atoms with E-state index in [4.69, 9.17) is 0 Å². The molecule has 3 rings (SSSR count). The number of anilines is 1. The number of carbonyl (C=O) groups is 2. The third kappa shape index (κ3) is 2.40. The second kappa shape index (κ2) is 5.23. The van der Waals surface area contributed by atoms with E-state index in [-0.39, 0.29) is 30.0 Å².